The van der Waals surface area contributed by atoms with E-state index in [-0.39, 0.29) is 5.78 Å². The quantitative estimate of drug-likeness (QED) is 0.812. The van der Waals surface area contributed by atoms with Crippen LogP contribution in [0.2, 0.25) is 0 Å². The molecule has 3 heteroatoms. The minimum absolute atomic E-state index is 0.180. The van der Waals surface area contributed by atoms with Crippen LogP contribution in [0.1, 0.15) is 22.3 Å². The first kappa shape index (κ1) is 11.1. The molecule has 1 aliphatic carbocycles. The molecule has 0 saturated heterocycles. The van der Waals surface area contributed by atoms with Crippen LogP contribution in [0.3, 0.4) is 0 Å². The number of carbonyl (C=O) groups is 1. The van der Waals surface area contributed by atoms with Crippen LogP contribution in [0.4, 0.5) is 0 Å². The van der Waals surface area contributed by atoms with Gasteiger partial charge in [-0.25, -0.2) is 0 Å². The van der Waals surface area contributed by atoms with Crippen molar-refractivity contribution in [1.29, 1.82) is 0 Å². The molecule has 2 aromatic carbocycles. The summed E-state index contributed by atoms with van der Waals surface area (Å²) in [4.78, 5) is 12.0. The van der Waals surface area contributed by atoms with E-state index in [2.05, 4.69) is 0 Å². The molecule has 0 aromatic heterocycles. The van der Waals surface area contributed by atoms with E-state index in [1.165, 1.54) is 5.56 Å². The number of ketones is 1. The van der Waals surface area contributed by atoms with Crippen molar-refractivity contribution in [3.8, 4) is 11.5 Å². The van der Waals surface area contributed by atoms with Gasteiger partial charge in [-0.1, -0.05) is 6.07 Å². The summed E-state index contributed by atoms with van der Waals surface area (Å²) in [5.74, 6) is 1.66. The predicted octanol–water partition coefficient (Wildman–Crippen LogP) is 2.99. The van der Waals surface area contributed by atoms with Gasteiger partial charge in [0.2, 0.25) is 0 Å². The number of aryl methyl sites for hydroxylation is 1. The van der Waals surface area contributed by atoms with E-state index in [1.54, 1.807) is 14.2 Å². The number of hydrogen-bond donors (Lipinski definition) is 0. The number of ether oxygens (including phenoxy) is 2. The lowest BCUT2D eigenvalue weighted by molar-refractivity contribution is 0.0981. The predicted molar refractivity (Wildman–Crippen MR) is 69.7 cm³/mol. The molecule has 0 atom stereocenters. The molecule has 0 fully saturated rings. The Kier molecular flexibility index (Phi) is 2.47. The van der Waals surface area contributed by atoms with Crippen LogP contribution in [-0.4, -0.2) is 20.0 Å². The molecule has 3 nitrogen and oxygen atoms in total. The lowest BCUT2D eigenvalue weighted by atomic mass is 9.87. The molecule has 3 rings (SSSR count). The van der Waals surface area contributed by atoms with Crippen molar-refractivity contribution in [2.45, 2.75) is 12.8 Å². The number of benzene rings is 2. The van der Waals surface area contributed by atoms with Gasteiger partial charge in [0, 0.05) is 17.4 Å². The number of Topliss-reactive ketones (excluding diaryl/α,β-unsaturated/α-hetero) is 1. The minimum Gasteiger partial charge on any atom is -0.497 e. The second-order valence-electron chi connectivity index (χ2n) is 4.45. The monoisotopic (exact) mass is 242 g/mol. The molecule has 2 aromatic rings. The fourth-order valence-electron chi connectivity index (χ4n) is 2.61. The Morgan fingerprint density at radius 1 is 1.06 bits per heavy atom. The molecule has 18 heavy (non-hydrogen) atoms. The summed E-state index contributed by atoms with van der Waals surface area (Å²) >= 11 is 0. The summed E-state index contributed by atoms with van der Waals surface area (Å²) in [6.45, 7) is 0. The van der Waals surface area contributed by atoms with Gasteiger partial charge in [-0.3, -0.25) is 4.79 Å². The van der Waals surface area contributed by atoms with E-state index in [9.17, 15) is 4.79 Å². The van der Waals surface area contributed by atoms with Crippen molar-refractivity contribution in [3.63, 3.8) is 0 Å². The average molecular weight is 242 g/mol. The summed E-state index contributed by atoms with van der Waals surface area (Å²) in [6.07, 6.45) is 1.38. The number of rotatable bonds is 2. The lowest BCUT2D eigenvalue weighted by Crippen LogP contribution is -2.10. The normalized spacial score (nSPS) is 13.8. The summed E-state index contributed by atoms with van der Waals surface area (Å²) in [6, 6.07) is 7.76. The van der Waals surface area contributed by atoms with Crippen molar-refractivity contribution in [1.82, 2.24) is 0 Å². The number of carbonyl (C=O) groups excluding carboxylic acids is 1. The Labute approximate surface area is 105 Å². The summed E-state index contributed by atoms with van der Waals surface area (Å²) < 4.78 is 10.6. The maximum Gasteiger partial charge on any atom is 0.163 e. The maximum atomic E-state index is 12.0. The van der Waals surface area contributed by atoms with Crippen LogP contribution in [0.25, 0.3) is 10.8 Å². The van der Waals surface area contributed by atoms with Crippen LogP contribution < -0.4 is 9.47 Å². The van der Waals surface area contributed by atoms with Gasteiger partial charge in [-0.2, -0.15) is 0 Å². The first-order valence-electron chi connectivity index (χ1n) is 5.95. The summed E-state index contributed by atoms with van der Waals surface area (Å²) in [5.41, 5.74) is 1.97. The zero-order chi connectivity index (χ0) is 12.7. The Bertz CT molecular complexity index is 644. The van der Waals surface area contributed by atoms with E-state index >= 15 is 0 Å². The standard InChI is InChI=1S/C15H14O3/c1-17-10-7-11-13(16)5-3-9-4-6-14(18-2)12(8-10)15(9)11/h4,6-8H,3,5H2,1-2H3. The molecule has 0 saturated carbocycles. The van der Waals surface area contributed by atoms with E-state index in [1.807, 2.05) is 24.3 Å². The van der Waals surface area contributed by atoms with E-state index in [4.69, 9.17) is 9.47 Å². The van der Waals surface area contributed by atoms with E-state index in [0.29, 0.717) is 12.2 Å². The Balaban J connectivity index is 2.45. The van der Waals surface area contributed by atoms with Gasteiger partial charge >= 0.3 is 0 Å². The maximum absolute atomic E-state index is 12.0. The highest BCUT2D eigenvalue weighted by Gasteiger charge is 2.21. The molecular weight excluding hydrogens is 228 g/mol. The lowest BCUT2D eigenvalue weighted by Gasteiger charge is -2.19. The highest BCUT2D eigenvalue weighted by Crippen LogP contribution is 2.37. The van der Waals surface area contributed by atoms with Crippen molar-refractivity contribution in [2.24, 2.45) is 0 Å². The molecule has 0 N–H and O–H groups in total. The zero-order valence-electron chi connectivity index (χ0n) is 10.4. The number of methoxy groups -OCH3 is 2. The second kappa shape index (κ2) is 4.02. The molecule has 0 bridgehead atoms. The topological polar surface area (TPSA) is 35.5 Å². The fourth-order valence-corrected chi connectivity index (χ4v) is 2.61. The molecule has 1 aliphatic rings. The fraction of sp³-hybridized carbons (Fsp3) is 0.267. The average Bonchev–Trinajstić information content (AvgIpc) is 2.42. The highest BCUT2D eigenvalue weighted by molar-refractivity contribution is 6.13. The van der Waals surface area contributed by atoms with Gasteiger partial charge in [0.05, 0.1) is 14.2 Å². The van der Waals surface area contributed by atoms with E-state index < -0.39 is 0 Å². The zero-order valence-corrected chi connectivity index (χ0v) is 10.4. The van der Waals surface area contributed by atoms with Crippen LogP contribution in [0, 0.1) is 0 Å². The molecule has 0 spiro atoms. The third kappa shape index (κ3) is 1.47. The van der Waals surface area contributed by atoms with Gasteiger partial charge in [0.25, 0.3) is 0 Å². The molecule has 0 aliphatic heterocycles. The molecule has 0 unspecified atom stereocenters. The first-order chi connectivity index (χ1) is 8.74. The van der Waals surface area contributed by atoms with E-state index in [0.717, 1.165) is 28.5 Å². The summed E-state index contributed by atoms with van der Waals surface area (Å²) in [5, 5.41) is 1.98. The Morgan fingerprint density at radius 3 is 2.61 bits per heavy atom. The van der Waals surface area contributed by atoms with Crippen LogP contribution in [0.5, 0.6) is 11.5 Å². The van der Waals surface area contributed by atoms with Crippen molar-refractivity contribution in [3.05, 3.63) is 35.4 Å². The molecule has 0 heterocycles. The largest absolute Gasteiger partial charge is 0.497 e. The van der Waals surface area contributed by atoms with Crippen molar-refractivity contribution in [2.75, 3.05) is 14.2 Å². The van der Waals surface area contributed by atoms with Gasteiger partial charge < -0.3 is 9.47 Å². The summed E-state index contributed by atoms with van der Waals surface area (Å²) in [7, 11) is 3.25. The van der Waals surface area contributed by atoms with Crippen molar-refractivity contribution >= 4 is 16.6 Å². The molecular formula is C15H14O3. The molecule has 0 radical (unpaired) electrons. The molecule has 92 valence electrons. The highest BCUT2D eigenvalue weighted by atomic mass is 16.5. The third-order valence-electron chi connectivity index (χ3n) is 3.51. The van der Waals surface area contributed by atoms with Gasteiger partial charge in [-0.05, 0) is 35.6 Å². The van der Waals surface area contributed by atoms with Crippen molar-refractivity contribution < 1.29 is 14.3 Å². The second-order valence-corrected chi connectivity index (χ2v) is 4.45. The number of hydrogen-bond acceptors (Lipinski definition) is 3. The van der Waals surface area contributed by atoms with Gasteiger partial charge in [0.15, 0.2) is 5.78 Å². The first-order valence-corrected chi connectivity index (χ1v) is 5.95. The molecule has 0 amide bonds. The van der Waals surface area contributed by atoms with Gasteiger partial charge in [-0.15, -0.1) is 0 Å². The SMILES string of the molecule is COc1cc2c3c(ccc(OC)c3c1)CCC2=O. The van der Waals surface area contributed by atoms with Crippen LogP contribution in [-0.2, 0) is 6.42 Å². The van der Waals surface area contributed by atoms with Gasteiger partial charge in [0.1, 0.15) is 11.5 Å². The minimum atomic E-state index is 0.180. The van der Waals surface area contributed by atoms with Crippen LogP contribution in [0.15, 0.2) is 24.3 Å². The smallest absolute Gasteiger partial charge is 0.163 e. The third-order valence-corrected chi connectivity index (χ3v) is 3.51. The van der Waals surface area contributed by atoms with Crippen LogP contribution >= 0.6 is 0 Å². The Hall–Kier alpha value is -2.03. The Morgan fingerprint density at radius 2 is 1.89 bits per heavy atom.